The maximum atomic E-state index is 17.1. The number of alkyl halides is 3. The second kappa shape index (κ2) is 12.5. The van der Waals surface area contributed by atoms with E-state index in [4.69, 9.17) is 14.2 Å². The fourth-order valence-corrected chi connectivity index (χ4v) is 7.49. The molecule has 3 aromatic rings. The van der Waals surface area contributed by atoms with Gasteiger partial charge in [-0.15, -0.1) is 13.2 Å². The number of hydrogen-bond acceptors (Lipinski definition) is 10. The molecule has 17 heteroatoms. The van der Waals surface area contributed by atoms with Crippen LogP contribution in [0.2, 0.25) is 0 Å². The number of carbonyl (C=O) groups excluding carboxylic acids is 2. The Morgan fingerprint density at radius 2 is 1.72 bits per heavy atom. The fraction of sp³-hybridized carbons (Fsp3) is 0.528. The third kappa shape index (κ3) is 6.91. The number of aryl methyl sites for hydroxylation is 1. The number of nitrogens with one attached hydrogen (secondary N) is 1. The van der Waals surface area contributed by atoms with Crippen molar-refractivity contribution in [2.45, 2.75) is 116 Å². The monoisotopic (exact) mass is 746 g/mol. The Morgan fingerprint density at radius 1 is 1.06 bits per heavy atom. The van der Waals surface area contributed by atoms with E-state index in [0.717, 1.165) is 6.07 Å². The largest absolute Gasteiger partial charge is 0.573 e. The van der Waals surface area contributed by atoms with Gasteiger partial charge in [0.15, 0.2) is 17.4 Å². The molecule has 0 aliphatic carbocycles. The first kappa shape index (κ1) is 37.6. The van der Waals surface area contributed by atoms with E-state index in [2.05, 4.69) is 20.0 Å². The Hall–Kier alpha value is -5.14. The number of rotatable bonds is 3. The molecule has 5 heterocycles. The van der Waals surface area contributed by atoms with Crippen molar-refractivity contribution in [1.29, 1.82) is 5.26 Å². The summed E-state index contributed by atoms with van der Waals surface area (Å²) in [7, 11) is 0. The number of fused-ring (bicyclic) bond motifs is 5. The van der Waals surface area contributed by atoms with Crippen LogP contribution in [0, 0.1) is 29.9 Å². The zero-order chi connectivity index (χ0) is 39.2. The summed E-state index contributed by atoms with van der Waals surface area (Å²) < 4.78 is 95.2. The normalized spacial score (nSPS) is 22.4. The van der Waals surface area contributed by atoms with Gasteiger partial charge in [0.2, 0.25) is 5.88 Å². The predicted molar refractivity (Wildman–Crippen MR) is 182 cm³/mol. The average Bonchev–Trinajstić information content (AvgIpc) is 3.18. The number of piperazine rings is 1. The lowest BCUT2D eigenvalue weighted by Crippen LogP contribution is -2.69. The van der Waals surface area contributed by atoms with Crippen molar-refractivity contribution in [2.75, 3.05) is 16.8 Å². The van der Waals surface area contributed by atoms with Gasteiger partial charge in [-0.1, -0.05) is 0 Å². The van der Waals surface area contributed by atoms with Gasteiger partial charge in [0.1, 0.15) is 40.6 Å². The Bertz CT molecular complexity index is 2070. The zero-order valence-corrected chi connectivity index (χ0v) is 30.6. The minimum absolute atomic E-state index is 0.0201. The molecule has 1 N–H and O–H groups in total. The van der Waals surface area contributed by atoms with Crippen molar-refractivity contribution in [1.82, 2.24) is 14.9 Å². The smallest absolute Gasteiger partial charge is 0.472 e. The van der Waals surface area contributed by atoms with Gasteiger partial charge in [-0.25, -0.2) is 28.3 Å². The molecule has 284 valence electrons. The first-order valence-corrected chi connectivity index (χ1v) is 16.9. The molecule has 3 aliphatic rings. The minimum atomic E-state index is -5.42. The first-order valence-electron chi connectivity index (χ1n) is 16.9. The third-order valence-corrected chi connectivity index (χ3v) is 9.34. The molecule has 2 amide bonds. The van der Waals surface area contributed by atoms with Crippen LogP contribution in [0.4, 0.5) is 43.0 Å². The SMILES string of the molecule is Cc1c(C#N)nc2c3c(nc(-c4cc(NC(=O)OC(C)(C)C)cc(F)c4OC(F)(F)F)c(F)c13)O[C@@H](C)[C@@H]1[C@@H]3CC[C@](C)(CN21)N3C(=O)OC(C)(C)C. The van der Waals surface area contributed by atoms with E-state index in [0.29, 0.717) is 18.9 Å². The van der Waals surface area contributed by atoms with E-state index < -0.39 is 87.8 Å². The van der Waals surface area contributed by atoms with Gasteiger partial charge in [-0.05, 0) is 86.8 Å². The summed E-state index contributed by atoms with van der Waals surface area (Å²) in [5.74, 6) is -4.37. The molecule has 0 unspecified atom stereocenters. The second-order valence-electron chi connectivity index (χ2n) is 15.8. The van der Waals surface area contributed by atoms with E-state index >= 15 is 8.78 Å². The molecule has 53 heavy (non-hydrogen) atoms. The Balaban J connectivity index is 1.57. The summed E-state index contributed by atoms with van der Waals surface area (Å²) in [6.07, 6.45) is -6.67. The van der Waals surface area contributed by atoms with Gasteiger partial charge in [0, 0.05) is 23.7 Å². The molecule has 3 aliphatic heterocycles. The van der Waals surface area contributed by atoms with Crippen molar-refractivity contribution in [3.05, 3.63) is 35.0 Å². The molecule has 4 atom stereocenters. The molecule has 6 rings (SSSR count). The topological polar surface area (TPSA) is 139 Å². The van der Waals surface area contributed by atoms with Crippen molar-refractivity contribution < 1.29 is 50.5 Å². The highest BCUT2D eigenvalue weighted by molar-refractivity contribution is 6.02. The number of pyridine rings is 2. The highest BCUT2D eigenvalue weighted by Gasteiger charge is 2.59. The number of aromatic nitrogens is 2. The number of halogens is 5. The van der Waals surface area contributed by atoms with Crippen LogP contribution in [0.1, 0.15) is 79.5 Å². The molecule has 0 saturated carbocycles. The van der Waals surface area contributed by atoms with E-state index in [1.165, 1.54) is 6.92 Å². The third-order valence-electron chi connectivity index (χ3n) is 9.34. The summed E-state index contributed by atoms with van der Waals surface area (Å²) in [6, 6.07) is 2.29. The number of carbonyl (C=O) groups is 2. The lowest BCUT2D eigenvalue weighted by atomic mass is 9.93. The maximum Gasteiger partial charge on any atom is 0.573 e. The summed E-state index contributed by atoms with van der Waals surface area (Å²) in [6.45, 7) is 15.2. The highest BCUT2D eigenvalue weighted by Crippen LogP contribution is 2.51. The number of benzene rings is 1. The fourth-order valence-electron chi connectivity index (χ4n) is 7.49. The molecule has 1 aromatic carbocycles. The Morgan fingerprint density at radius 3 is 2.32 bits per heavy atom. The molecule has 12 nitrogen and oxygen atoms in total. The molecule has 2 bridgehead atoms. The summed E-state index contributed by atoms with van der Waals surface area (Å²) >= 11 is 0. The van der Waals surface area contributed by atoms with Crippen molar-refractivity contribution in [3.8, 4) is 29.0 Å². The van der Waals surface area contributed by atoms with Crippen LogP contribution in [-0.2, 0) is 9.47 Å². The van der Waals surface area contributed by atoms with Crippen LogP contribution in [0.5, 0.6) is 11.6 Å². The number of amides is 2. The Labute approximate surface area is 302 Å². The van der Waals surface area contributed by atoms with Crippen LogP contribution in [0.3, 0.4) is 0 Å². The van der Waals surface area contributed by atoms with E-state index in [9.17, 15) is 28.0 Å². The standard InChI is InChI=1S/C36H39F5N6O6/c1-16-21(14-42)44-29-24-23(16)25(38)26(19-12-18(43-31(48)52-33(3,4)5)13-20(37)28(19)51-36(39,40)41)45-30(24)50-17(2)27-22-10-11-35(9,15-46(27)29)47(22)32(49)53-34(6,7)8/h12-13,17,22,27H,10-11,15H2,1-9H3,(H,43,48)/t17-,22-,27+,35+/m0/s1. The van der Waals surface area contributed by atoms with Crippen LogP contribution < -0.4 is 19.7 Å². The summed E-state index contributed by atoms with van der Waals surface area (Å²) in [5, 5.41) is 12.2. The summed E-state index contributed by atoms with van der Waals surface area (Å²) in [4.78, 5) is 38.7. The van der Waals surface area contributed by atoms with Crippen molar-refractivity contribution in [2.24, 2.45) is 0 Å². The van der Waals surface area contributed by atoms with Crippen LogP contribution in [0.25, 0.3) is 22.0 Å². The van der Waals surface area contributed by atoms with Gasteiger partial charge in [0.05, 0.1) is 28.6 Å². The molecule has 2 saturated heterocycles. The average molecular weight is 747 g/mol. The van der Waals surface area contributed by atoms with E-state index in [-0.39, 0.29) is 40.3 Å². The summed E-state index contributed by atoms with van der Waals surface area (Å²) in [5.41, 5.74) is -4.74. The maximum absolute atomic E-state index is 17.1. The number of anilines is 2. The number of ether oxygens (including phenoxy) is 4. The highest BCUT2D eigenvalue weighted by atomic mass is 19.4. The van der Waals surface area contributed by atoms with Crippen LogP contribution in [0.15, 0.2) is 12.1 Å². The first-order chi connectivity index (χ1) is 24.4. The predicted octanol–water partition coefficient (Wildman–Crippen LogP) is 8.13. The van der Waals surface area contributed by atoms with Crippen molar-refractivity contribution in [3.63, 3.8) is 0 Å². The molecule has 0 radical (unpaired) electrons. The number of hydrogen-bond donors (Lipinski definition) is 1. The van der Waals surface area contributed by atoms with Crippen LogP contribution >= 0.6 is 0 Å². The lowest BCUT2D eigenvalue weighted by molar-refractivity contribution is -0.275. The second-order valence-corrected chi connectivity index (χ2v) is 15.8. The number of nitriles is 1. The molecular formula is C36H39F5N6O6. The Kier molecular flexibility index (Phi) is 8.86. The van der Waals surface area contributed by atoms with Crippen LogP contribution in [-0.4, -0.2) is 74.9 Å². The van der Waals surface area contributed by atoms with Gasteiger partial charge in [0.25, 0.3) is 0 Å². The van der Waals surface area contributed by atoms with E-state index in [1.807, 2.05) is 17.9 Å². The van der Waals surface area contributed by atoms with Gasteiger partial charge < -0.3 is 23.8 Å². The molecule has 2 aromatic heterocycles. The molecule has 0 spiro atoms. The van der Waals surface area contributed by atoms with Crippen molar-refractivity contribution >= 4 is 34.5 Å². The molecular weight excluding hydrogens is 707 g/mol. The minimum Gasteiger partial charge on any atom is -0.472 e. The quantitative estimate of drug-likeness (QED) is 0.262. The van der Waals surface area contributed by atoms with Gasteiger partial charge in [-0.3, -0.25) is 10.2 Å². The number of nitrogens with zero attached hydrogens (tertiary/aromatic N) is 5. The molecule has 2 fully saturated rings. The zero-order valence-electron chi connectivity index (χ0n) is 30.6. The van der Waals surface area contributed by atoms with Gasteiger partial charge in [-0.2, -0.15) is 5.26 Å². The van der Waals surface area contributed by atoms with Gasteiger partial charge >= 0.3 is 18.5 Å². The van der Waals surface area contributed by atoms with E-state index in [1.54, 1.807) is 53.4 Å². The lowest BCUT2D eigenvalue weighted by Gasteiger charge is -2.52.